The van der Waals surface area contributed by atoms with Crippen LogP contribution in [0.4, 0.5) is 4.39 Å². The highest BCUT2D eigenvalue weighted by molar-refractivity contribution is 5.76. The van der Waals surface area contributed by atoms with Gasteiger partial charge in [0, 0.05) is 5.92 Å². The van der Waals surface area contributed by atoms with Gasteiger partial charge in [0.2, 0.25) is 0 Å². The van der Waals surface area contributed by atoms with Gasteiger partial charge in [-0.2, -0.15) is 0 Å². The van der Waals surface area contributed by atoms with E-state index in [0.717, 1.165) is 35.3 Å². The van der Waals surface area contributed by atoms with Gasteiger partial charge in [-0.1, -0.05) is 112 Å². The lowest BCUT2D eigenvalue weighted by Gasteiger charge is -2.26. The van der Waals surface area contributed by atoms with Crippen molar-refractivity contribution in [3.8, 4) is 0 Å². The van der Waals surface area contributed by atoms with Crippen LogP contribution >= 0.6 is 0 Å². The van der Waals surface area contributed by atoms with Crippen molar-refractivity contribution in [2.45, 2.75) is 142 Å². The molecule has 1 N–H and O–H groups in total. The van der Waals surface area contributed by atoms with Crippen molar-refractivity contribution >= 4 is 11.0 Å². The van der Waals surface area contributed by atoms with Gasteiger partial charge in [-0.15, -0.1) is 0 Å². The second-order valence-corrected chi connectivity index (χ2v) is 10.6. The van der Waals surface area contributed by atoms with Crippen LogP contribution in [-0.4, -0.2) is 9.97 Å². The van der Waals surface area contributed by atoms with Gasteiger partial charge in [-0.3, -0.25) is 0 Å². The van der Waals surface area contributed by atoms with Crippen LogP contribution < -0.4 is 0 Å². The maximum atomic E-state index is 15.1. The van der Waals surface area contributed by atoms with Gasteiger partial charge in [-0.25, -0.2) is 9.37 Å². The fourth-order valence-electron chi connectivity index (χ4n) is 4.94. The number of aromatic nitrogens is 2. The first kappa shape index (κ1) is 26.9. The maximum Gasteiger partial charge on any atom is 0.129 e. The molecule has 0 aliphatic carbocycles. The predicted molar refractivity (Wildman–Crippen MR) is 138 cm³/mol. The summed E-state index contributed by atoms with van der Waals surface area (Å²) in [6.07, 6.45) is 18.5. The second-order valence-electron chi connectivity index (χ2n) is 10.6. The summed E-state index contributed by atoms with van der Waals surface area (Å²) in [7, 11) is 0. The molecule has 0 spiro atoms. The van der Waals surface area contributed by atoms with E-state index < -0.39 is 0 Å². The highest BCUT2D eigenvalue weighted by atomic mass is 19.1. The summed E-state index contributed by atoms with van der Waals surface area (Å²) in [5, 5.41) is 0. The minimum Gasteiger partial charge on any atom is -0.342 e. The number of nitrogens with one attached hydrogen (secondary N) is 1. The van der Waals surface area contributed by atoms with Gasteiger partial charge in [0.15, 0.2) is 0 Å². The smallest absolute Gasteiger partial charge is 0.129 e. The van der Waals surface area contributed by atoms with E-state index >= 15 is 4.39 Å². The Morgan fingerprint density at radius 2 is 1.38 bits per heavy atom. The zero-order valence-electron chi connectivity index (χ0n) is 21.7. The summed E-state index contributed by atoms with van der Waals surface area (Å²) in [5.74, 6) is 1.45. The van der Waals surface area contributed by atoms with Crippen molar-refractivity contribution in [2.24, 2.45) is 0 Å². The molecule has 0 saturated carbocycles. The lowest BCUT2D eigenvalue weighted by atomic mass is 9.79. The van der Waals surface area contributed by atoms with E-state index in [9.17, 15) is 0 Å². The van der Waals surface area contributed by atoms with Crippen LogP contribution in [0.3, 0.4) is 0 Å². The number of hydrogen-bond donors (Lipinski definition) is 1. The van der Waals surface area contributed by atoms with Gasteiger partial charge in [0.05, 0.1) is 11.0 Å². The monoisotopic (exact) mass is 444 g/mol. The van der Waals surface area contributed by atoms with Gasteiger partial charge >= 0.3 is 0 Å². The van der Waals surface area contributed by atoms with Gasteiger partial charge < -0.3 is 4.98 Å². The largest absolute Gasteiger partial charge is 0.342 e. The first-order chi connectivity index (χ1) is 15.4. The molecule has 0 radical (unpaired) electrons. The van der Waals surface area contributed by atoms with E-state index in [1.807, 2.05) is 6.07 Å². The molecular weight excluding hydrogens is 395 g/mol. The Morgan fingerprint density at radius 3 is 2.03 bits per heavy atom. The third kappa shape index (κ3) is 8.19. The average molecular weight is 445 g/mol. The number of hydrogen-bond acceptors (Lipinski definition) is 1. The van der Waals surface area contributed by atoms with Crippen LogP contribution in [-0.2, 0) is 5.41 Å². The molecule has 32 heavy (non-hydrogen) atoms. The Labute approximate surface area is 197 Å². The molecule has 0 bridgehead atoms. The normalized spacial score (nSPS) is 13.2. The van der Waals surface area contributed by atoms with Crippen LogP contribution in [0.1, 0.15) is 148 Å². The third-order valence-electron chi connectivity index (χ3n) is 7.17. The summed E-state index contributed by atoms with van der Waals surface area (Å²) in [6, 6.07) is 3.72. The standard InChI is InChI=1S/C29H49FN2/c1-6-9-12-14-16-19-23(18-15-11-8-3)28-31-26-21-24(25(30)22-27(26)32-28)29(4,5)20-17-13-10-7-2/h21-23H,6-20H2,1-5H3,(H,31,32). The first-order valence-electron chi connectivity index (χ1n) is 13.6. The summed E-state index contributed by atoms with van der Waals surface area (Å²) >= 11 is 0. The van der Waals surface area contributed by atoms with E-state index in [1.54, 1.807) is 6.07 Å². The predicted octanol–water partition coefficient (Wildman–Crippen LogP) is 9.97. The van der Waals surface area contributed by atoms with E-state index in [4.69, 9.17) is 4.98 Å². The number of halogens is 1. The molecule has 2 rings (SSSR count). The number of aromatic amines is 1. The Kier molecular flexibility index (Phi) is 11.8. The molecule has 1 aromatic heterocycles. The molecule has 0 aliphatic rings. The van der Waals surface area contributed by atoms with Gasteiger partial charge in [0.25, 0.3) is 0 Å². The van der Waals surface area contributed by atoms with Crippen LogP contribution in [0.2, 0.25) is 0 Å². The van der Waals surface area contributed by atoms with Crippen LogP contribution in [0.15, 0.2) is 12.1 Å². The summed E-state index contributed by atoms with van der Waals surface area (Å²) in [5.41, 5.74) is 2.45. The lowest BCUT2D eigenvalue weighted by Crippen LogP contribution is -2.19. The zero-order chi connectivity index (χ0) is 23.4. The van der Waals surface area contributed by atoms with Crippen molar-refractivity contribution in [1.82, 2.24) is 9.97 Å². The molecule has 0 aliphatic heterocycles. The van der Waals surface area contributed by atoms with E-state index in [2.05, 4.69) is 39.6 Å². The topological polar surface area (TPSA) is 28.7 Å². The number of unbranched alkanes of at least 4 members (excludes halogenated alkanes) is 9. The number of fused-ring (bicyclic) bond motifs is 1. The second kappa shape index (κ2) is 14.0. The molecule has 0 fully saturated rings. The quantitative estimate of drug-likeness (QED) is 0.242. The number of imidazole rings is 1. The molecule has 1 aromatic carbocycles. The molecular formula is C29H49FN2. The van der Waals surface area contributed by atoms with Crippen LogP contribution in [0.5, 0.6) is 0 Å². The van der Waals surface area contributed by atoms with Crippen molar-refractivity contribution in [1.29, 1.82) is 0 Å². The van der Waals surface area contributed by atoms with Crippen molar-refractivity contribution < 1.29 is 4.39 Å². The molecule has 2 aromatic rings. The molecule has 182 valence electrons. The zero-order valence-corrected chi connectivity index (χ0v) is 21.7. The highest BCUT2D eigenvalue weighted by Gasteiger charge is 2.25. The maximum absolute atomic E-state index is 15.1. The molecule has 3 heteroatoms. The molecule has 1 atom stereocenters. The summed E-state index contributed by atoms with van der Waals surface area (Å²) in [4.78, 5) is 8.51. The first-order valence-corrected chi connectivity index (χ1v) is 13.6. The fourth-order valence-corrected chi connectivity index (χ4v) is 4.94. The van der Waals surface area contributed by atoms with E-state index in [1.165, 1.54) is 83.5 Å². The summed E-state index contributed by atoms with van der Waals surface area (Å²) < 4.78 is 15.1. The average Bonchev–Trinajstić information content (AvgIpc) is 3.17. The van der Waals surface area contributed by atoms with Crippen LogP contribution in [0, 0.1) is 5.82 Å². The van der Waals surface area contributed by atoms with Gasteiger partial charge in [-0.05, 0) is 42.4 Å². The van der Waals surface area contributed by atoms with Crippen LogP contribution in [0.25, 0.3) is 11.0 Å². The van der Waals surface area contributed by atoms with Crippen molar-refractivity contribution in [3.05, 3.63) is 29.3 Å². The lowest BCUT2D eigenvalue weighted by molar-refractivity contribution is 0.425. The van der Waals surface area contributed by atoms with Crippen molar-refractivity contribution in [3.63, 3.8) is 0 Å². The summed E-state index contributed by atoms with van der Waals surface area (Å²) in [6.45, 7) is 11.1. The van der Waals surface area contributed by atoms with E-state index in [0.29, 0.717) is 5.92 Å². The molecule has 0 amide bonds. The van der Waals surface area contributed by atoms with Crippen molar-refractivity contribution in [2.75, 3.05) is 0 Å². The minimum atomic E-state index is -0.162. The number of rotatable bonds is 17. The number of H-pyrrole nitrogens is 1. The molecule has 0 saturated heterocycles. The fraction of sp³-hybridized carbons (Fsp3) is 0.759. The molecule has 1 unspecified atom stereocenters. The van der Waals surface area contributed by atoms with E-state index in [-0.39, 0.29) is 11.2 Å². The Hall–Kier alpha value is -1.38. The Bertz CT molecular complexity index is 777. The molecule has 2 nitrogen and oxygen atoms in total. The minimum absolute atomic E-state index is 0.0877. The number of benzene rings is 1. The number of nitrogens with zero attached hydrogens (tertiary/aromatic N) is 1. The third-order valence-corrected chi connectivity index (χ3v) is 7.17. The Morgan fingerprint density at radius 1 is 0.812 bits per heavy atom. The van der Waals surface area contributed by atoms with Gasteiger partial charge in [0.1, 0.15) is 11.6 Å². The highest BCUT2D eigenvalue weighted by Crippen LogP contribution is 2.35. The Balaban J connectivity index is 2.17. The molecule has 1 heterocycles. The SMILES string of the molecule is CCCCCCCC(CCCCC)c1nc2cc(C(C)(C)CCCCCC)c(F)cc2[nH]1.